The Kier molecular flexibility index (Phi) is 5.86. The van der Waals surface area contributed by atoms with Crippen LogP contribution in [-0.2, 0) is 17.9 Å². The molecule has 0 unspecified atom stereocenters. The highest BCUT2D eigenvalue weighted by Crippen LogP contribution is 2.14. The highest BCUT2D eigenvalue weighted by atomic mass is 35.5. The molecule has 102 valence electrons. The summed E-state index contributed by atoms with van der Waals surface area (Å²) < 4.78 is 5.61. The number of hydrogen-bond donors (Lipinski definition) is 1. The van der Waals surface area contributed by atoms with Gasteiger partial charge >= 0.3 is 0 Å². The summed E-state index contributed by atoms with van der Waals surface area (Å²) in [7, 11) is 0. The van der Waals surface area contributed by atoms with Crippen LogP contribution in [0.4, 0.5) is 0 Å². The van der Waals surface area contributed by atoms with Gasteiger partial charge in [-0.2, -0.15) is 0 Å². The summed E-state index contributed by atoms with van der Waals surface area (Å²) in [5, 5.41) is 6.28. The molecule has 1 aromatic heterocycles. The Labute approximate surface area is 123 Å². The van der Waals surface area contributed by atoms with Crippen LogP contribution in [0.2, 0.25) is 5.02 Å². The van der Waals surface area contributed by atoms with Crippen LogP contribution in [0.15, 0.2) is 35.7 Å². The first-order valence-electron chi connectivity index (χ1n) is 6.31. The number of hydrogen-bond acceptors (Lipinski definition) is 3. The molecule has 0 fully saturated rings. The molecule has 0 radical (unpaired) electrons. The summed E-state index contributed by atoms with van der Waals surface area (Å²) >= 11 is 7.62. The summed E-state index contributed by atoms with van der Waals surface area (Å²) in [6, 6.07) is 9.91. The van der Waals surface area contributed by atoms with Crippen molar-refractivity contribution < 1.29 is 4.74 Å². The van der Waals surface area contributed by atoms with E-state index < -0.39 is 0 Å². The second kappa shape index (κ2) is 7.65. The smallest absolute Gasteiger partial charge is 0.0717 e. The number of benzene rings is 1. The zero-order valence-corrected chi connectivity index (χ0v) is 12.6. The van der Waals surface area contributed by atoms with Gasteiger partial charge in [-0.15, -0.1) is 11.3 Å². The molecule has 2 aromatic rings. The molecule has 0 spiro atoms. The maximum Gasteiger partial charge on any atom is 0.0717 e. The van der Waals surface area contributed by atoms with E-state index in [9.17, 15) is 0 Å². The third kappa shape index (κ3) is 4.96. The van der Waals surface area contributed by atoms with E-state index in [1.807, 2.05) is 24.3 Å². The van der Waals surface area contributed by atoms with Crippen molar-refractivity contribution in [2.45, 2.75) is 20.1 Å². The molecule has 0 saturated carbocycles. The topological polar surface area (TPSA) is 21.3 Å². The van der Waals surface area contributed by atoms with Gasteiger partial charge in [-0.3, -0.25) is 0 Å². The monoisotopic (exact) mass is 295 g/mol. The first-order chi connectivity index (χ1) is 9.25. The van der Waals surface area contributed by atoms with Crippen LogP contribution in [0.1, 0.15) is 16.0 Å². The molecule has 2 rings (SSSR count). The van der Waals surface area contributed by atoms with E-state index in [4.69, 9.17) is 16.3 Å². The lowest BCUT2D eigenvalue weighted by Gasteiger charge is -2.06. The van der Waals surface area contributed by atoms with Crippen LogP contribution in [0.5, 0.6) is 0 Å². The average molecular weight is 296 g/mol. The van der Waals surface area contributed by atoms with Crippen molar-refractivity contribution in [3.8, 4) is 0 Å². The maximum atomic E-state index is 5.83. The lowest BCUT2D eigenvalue weighted by Crippen LogP contribution is -2.19. The van der Waals surface area contributed by atoms with E-state index in [0.717, 1.165) is 23.7 Å². The van der Waals surface area contributed by atoms with Gasteiger partial charge in [0, 0.05) is 23.0 Å². The van der Waals surface area contributed by atoms with E-state index in [1.54, 1.807) is 11.3 Å². The molecule has 0 bridgehead atoms. The molecule has 0 aliphatic rings. The van der Waals surface area contributed by atoms with Crippen molar-refractivity contribution in [1.29, 1.82) is 0 Å². The van der Waals surface area contributed by atoms with Crippen LogP contribution < -0.4 is 5.32 Å². The number of nitrogens with one attached hydrogen (secondary N) is 1. The predicted octanol–water partition coefficient (Wildman–Crippen LogP) is 4.02. The molecule has 0 atom stereocenters. The zero-order chi connectivity index (χ0) is 13.5. The third-order valence-electron chi connectivity index (χ3n) is 2.86. The quantitative estimate of drug-likeness (QED) is 0.779. The number of aryl methyl sites for hydroxylation is 1. The fourth-order valence-electron chi connectivity index (χ4n) is 1.70. The molecule has 0 amide bonds. The second-order valence-electron chi connectivity index (χ2n) is 4.38. The van der Waals surface area contributed by atoms with Crippen LogP contribution >= 0.6 is 22.9 Å². The number of thiophene rings is 1. The molecule has 1 aromatic carbocycles. The van der Waals surface area contributed by atoms with E-state index in [2.05, 4.69) is 23.7 Å². The fraction of sp³-hybridized carbons (Fsp3) is 0.333. The van der Waals surface area contributed by atoms with Crippen molar-refractivity contribution in [3.63, 3.8) is 0 Å². The first-order valence-corrected chi connectivity index (χ1v) is 7.57. The predicted molar refractivity (Wildman–Crippen MR) is 81.9 cm³/mol. The minimum atomic E-state index is 0.636. The van der Waals surface area contributed by atoms with Crippen molar-refractivity contribution in [1.82, 2.24) is 5.32 Å². The van der Waals surface area contributed by atoms with E-state index in [0.29, 0.717) is 13.2 Å². The van der Waals surface area contributed by atoms with Crippen LogP contribution in [0.3, 0.4) is 0 Å². The molecule has 0 aliphatic carbocycles. The van der Waals surface area contributed by atoms with Gasteiger partial charge in [0.1, 0.15) is 0 Å². The van der Waals surface area contributed by atoms with Crippen LogP contribution in [0.25, 0.3) is 0 Å². The van der Waals surface area contributed by atoms with E-state index >= 15 is 0 Å². The van der Waals surface area contributed by atoms with Gasteiger partial charge in [0.05, 0.1) is 13.2 Å². The van der Waals surface area contributed by atoms with Gasteiger partial charge in [0.25, 0.3) is 0 Å². The number of ether oxygens (including phenoxy) is 1. The Morgan fingerprint density at radius 2 is 2.00 bits per heavy atom. The zero-order valence-electron chi connectivity index (χ0n) is 11.0. The van der Waals surface area contributed by atoms with Gasteiger partial charge in [0.15, 0.2) is 0 Å². The van der Waals surface area contributed by atoms with Gasteiger partial charge in [-0.1, -0.05) is 23.7 Å². The van der Waals surface area contributed by atoms with Gasteiger partial charge < -0.3 is 10.1 Å². The Hall–Kier alpha value is -0.870. The molecular weight excluding hydrogens is 278 g/mol. The minimum absolute atomic E-state index is 0.636. The van der Waals surface area contributed by atoms with Gasteiger partial charge in [-0.05, 0) is 41.6 Å². The Morgan fingerprint density at radius 3 is 2.68 bits per heavy atom. The Morgan fingerprint density at radius 1 is 1.21 bits per heavy atom. The molecule has 2 nitrogen and oxygen atoms in total. The highest BCUT2D eigenvalue weighted by molar-refractivity contribution is 7.10. The van der Waals surface area contributed by atoms with Crippen molar-refractivity contribution >= 4 is 22.9 Å². The normalized spacial score (nSPS) is 10.8. The Balaban J connectivity index is 1.57. The van der Waals surface area contributed by atoms with Crippen LogP contribution in [-0.4, -0.2) is 13.2 Å². The van der Waals surface area contributed by atoms with Crippen molar-refractivity contribution in [3.05, 3.63) is 56.7 Å². The summed E-state index contributed by atoms with van der Waals surface area (Å²) in [4.78, 5) is 1.40. The highest BCUT2D eigenvalue weighted by Gasteiger charge is 1.98. The average Bonchev–Trinajstić information content (AvgIpc) is 2.81. The Bertz CT molecular complexity index is 495. The van der Waals surface area contributed by atoms with Crippen molar-refractivity contribution in [2.24, 2.45) is 0 Å². The fourth-order valence-corrected chi connectivity index (χ4v) is 2.70. The van der Waals surface area contributed by atoms with E-state index in [1.165, 1.54) is 10.4 Å². The molecular formula is C15H18ClNOS. The largest absolute Gasteiger partial charge is 0.375 e. The molecule has 19 heavy (non-hydrogen) atoms. The van der Waals surface area contributed by atoms with Crippen molar-refractivity contribution in [2.75, 3.05) is 13.2 Å². The molecule has 0 saturated heterocycles. The number of halogens is 1. The van der Waals surface area contributed by atoms with Gasteiger partial charge in [-0.25, -0.2) is 0 Å². The number of rotatable bonds is 7. The molecule has 4 heteroatoms. The lowest BCUT2D eigenvalue weighted by atomic mass is 10.2. The van der Waals surface area contributed by atoms with Crippen LogP contribution in [0, 0.1) is 6.92 Å². The SMILES string of the molecule is Cc1ccsc1CNCCOCc1ccc(Cl)cc1. The lowest BCUT2D eigenvalue weighted by molar-refractivity contribution is 0.122. The molecule has 1 N–H and O–H groups in total. The maximum absolute atomic E-state index is 5.83. The summed E-state index contributed by atoms with van der Waals surface area (Å²) in [6.45, 7) is 5.28. The summed E-state index contributed by atoms with van der Waals surface area (Å²) in [5.41, 5.74) is 2.51. The third-order valence-corrected chi connectivity index (χ3v) is 4.13. The standard InChI is InChI=1S/C15H18ClNOS/c1-12-6-9-19-15(12)10-17-7-8-18-11-13-2-4-14(16)5-3-13/h2-6,9,17H,7-8,10-11H2,1H3. The second-order valence-corrected chi connectivity index (χ2v) is 5.82. The minimum Gasteiger partial charge on any atom is -0.375 e. The molecule has 0 aliphatic heterocycles. The summed E-state index contributed by atoms with van der Waals surface area (Å²) in [5.74, 6) is 0. The molecule has 1 heterocycles. The van der Waals surface area contributed by atoms with Gasteiger partial charge in [0.2, 0.25) is 0 Å². The first kappa shape index (κ1) is 14.5. The summed E-state index contributed by atoms with van der Waals surface area (Å²) in [6.07, 6.45) is 0. The van der Waals surface area contributed by atoms with E-state index in [-0.39, 0.29) is 0 Å².